The third-order valence-corrected chi connectivity index (χ3v) is 3.98. The van der Waals surface area contributed by atoms with Crippen molar-refractivity contribution in [2.45, 2.75) is 12.5 Å². The quantitative estimate of drug-likeness (QED) is 0.682. The van der Waals surface area contributed by atoms with Crippen LogP contribution in [0, 0.1) is 0 Å². The fourth-order valence-corrected chi connectivity index (χ4v) is 2.75. The van der Waals surface area contributed by atoms with Crippen LogP contribution in [-0.4, -0.2) is 40.3 Å². The van der Waals surface area contributed by atoms with Crippen molar-refractivity contribution in [1.29, 1.82) is 0 Å². The average molecular weight is 323 g/mol. The summed E-state index contributed by atoms with van der Waals surface area (Å²) in [6.07, 6.45) is 4.42. The summed E-state index contributed by atoms with van der Waals surface area (Å²) in [5.74, 6) is 0.391. The number of amides is 1. The van der Waals surface area contributed by atoms with Gasteiger partial charge in [0.2, 0.25) is 0 Å². The summed E-state index contributed by atoms with van der Waals surface area (Å²) in [5, 5.41) is 13.9. The Kier molecular flexibility index (Phi) is 3.84. The van der Waals surface area contributed by atoms with Crippen LogP contribution in [0.4, 0.5) is 5.69 Å². The van der Waals surface area contributed by atoms with Crippen molar-refractivity contribution in [2.24, 2.45) is 0 Å². The van der Waals surface area contributed by atoms with Gasteiger partial charge in [0.15, 0.2) is 0 Å². The summed E-state index contributed by atoms with van der Waals surface area (Å²) in [7, 11) is 0. The molecule has 24 heavy (non-hydrogen) atoms. The fraction of sp³-hybridized carbons (Fsp3) is 0.235. The Labute approximate surface area is 138 Å². The van der Waals surface area contributed by atoms with E-state index in [1.165, 1.54) is 0 Å². The number of H-pyrrole nitrogens is 1. The minimum absolute atomic E-state index is 0.145. The first-order chi connectivity index (χ1) is 11.8. The number of nitrogens with one attached hydrogen (secondary N) is 3. The number of carbonyl (C=O) groups is 1. The molecule has 0 spiro atoms. The van der Waals surface area contributed by atoms with Gasteiger partial charge in [0.1, 0.15) is 17.5 Å². The second kappa shape index (κ2) is 6.29. The molecule has 1 aromatic carbocycles. The topological polar surface area (TPSA) is 91.9 Å². The number of aromatic amines is 1. The Hall–Kier alpha value is -2.93. The van der Waals surface area contributed by atoms with E-state index < -0.39 is 0 Å². The molecule has 0 aliphatic carbocycles. The van der Waals surface area contributed by atoms with Gasteiger partial charge in [0, 0.05) is 29.9 Å². The Morgan fingerprint density at radius 3 is 3.12 bits per heavy atom. The number of pyridine rings is 1. The van der Waals surface area contributed by atoms with Crippen LogP contribution in [0.25, 0.3) is 10.9 Å². The number of rotatable bonds is 4. The highest BCUT2D eigenvalue weighted by molar-refractivity contribution is 6.03. The molecule has 1 fully saturated rings. The summed E-state index contributed by atoms with van der Waals surface area (Å²) < 4.78 is 5.87. The molecule has 7 heteroatoms. The van der Waals surface area contributed by atoms with E-state index in [9.17, 15) is 4.79 Å². The maximum atomic E-state index is 12.4. The number of anilines is 1. The second-order valence-electron chi connectivity index (χ2n) is 5.74. The smallest absolute Gasteiger partial charge is 0.274 e. The lowest BCUT2D eigenvalue weighted by Gasteiger charge is -2.13. The van der Waals surface area contributed by atoms with Crippen molar-refractivity contribution >= 4 is 22.5 Å². The van der Waals surface area contributed by atoms with E-state index in [0.29, 0.717) is 17.1 Å². The summed E-state index contributed by atoms with van der Waals surface area (Å²) in [5.41, 5.74) is 1.94. The molecule has 3 N–H and O–H groups in total. The molecule has 0 saturated carbocycles. The highest BCUT2D eigenvalue weighted by Crippen LogP contribution is 2.19. The van der Waals surface area contributed by atoms with Gasteiger partial charge in [-0.3, -0.25) is 14.9 Å². The van der Waals surface area contributed by atoms with Gasteiger partial charge >= 0.3 is 0 Å². The molecule has 1 saturated heterocycles. The van der Waals surface area contributed by atoms with Crippen LogP contribution in [0.15, 0.2) is 42.7 Å². The van der Waals surface area contributed by atoms with Gasteiger partial charge in [-0.15, -0.1) is 0 Å². The average Bonchev–Trinajstić information content (AvgIpc) is 3.26. The molecule has 3 heterocycles. The Morgan fingerprint density at radius 1 is 1.29 bits per heavy atom. The first-order valence-corrected chi connectivity index (χ1v) is 7.86. The number of fused-ring (bicyclic) bond motifs is 1. The minimum Gasteiger partial charge on any atom is -0.489 e. The zero-order valence-electron chi connectivity index (χ0n) is 13.0. The molecule has 1 aliphatic rings. The highest BCUT2D eigenvalue weighted by Gasteiger charge is 2.17. The van der Waals surface area contributed by atoms with Gasteiger partial charge in [0.25, 0.3) is 5.91 Å². The SMILES string of the molecule is O=C(Nc1ccc2[nH]ncc2c1)c1cc(O[C@H]2CCNC2)ccn1. The van der Waals surface area contributed by atoms with Gasteiger partial charge in [-0.2, -0.15) is 5.10 Å². The van der Waals surface area contributed by atoms with Gasteiger partial charge in [-0.25, -0.2) is 0 Å². The van der Waals surface area contributed by atoms with Crippen molar-refractivity contribution in [2.75, 3.05) is 18.4 Å². The first kappa shape index (κ1) is 14.6. The molecule has 2 aromatic heterocycles. The maximum Gasteiger partial charge on any atom is 0.274 e. The molecule has 3 aromatic rings. The van der Waals surface area contributed by atoms with Crippen LogP contribution in [0.2, 0.25) is 0 Å². The van der Waals surface area contributed by atoms with Crippen molar-refractivity contribution in [3.63, 3.8) is 0 Å². The lowest BCUT2D eigenvalue weighted by molar-refractivity contribution is 0.102. The molecule has 7 nitrogen and oxygen atoms in total. The Bertz CT molecular complexity index is 870. The molecule has 0 radical (unpaired) electrons. The van der Waals surface area contributed by atoms with E-state index >= 15 is 0 Å². The van der Waals surface area contributed by atoms with Crippen molar-refractivity contribution in [3.8, 4) is 5.75 Å². The fourth-order valence-electron chi connectivity index (χ4n) is 2.75. The van der Waals surface area contributed by atoms with E-state index in [1.807, 2.05) is 18.2 Å². The van der Waals surface area contributed by atoms with Crippen LogP contribution < -0.4 is 15.4 Å². The van der Waals surface area contributed by atoms with E-state index in [-0.39, 0.29) is 12.0 Å². The normalized spacial score (nSPS) is 17.1. The minimum atomic E-state index is -0.271. The number of aromatic nitrogens is 3. The number of hydrogen-bond donors (Lipinski definition) is 3. The molecule has 1 amide bonds. The Balaban J connectivity index is 1.48. The molecular formula is C17H17N5O2. The third-order valence-electron chi connectivity index (χ3n) is 3.98. The van der Waals surface area contributed by atoms with E-state index in [1.54, 1.807) is 24.5 Å². The Morgan fingerprint density at radius 2 is 2.25 bits per heavy atom. The third kappa shape index (κ3) is 3.07. The lowest BCUT2D eigenvalue weighted by Crippen LogP contribution is -2.20. The number of benzene rings is 1. The largest absolute Gasteiger partial charge is 0.489 e. The van der Waals surface area contributed by atoms with Crippen LogP contribution in [0.3, 0.4) is 0 Å². The number of ether oxygens (including phenoxy) is 1. The van der Waals surface area contributed by atoms with E-state index in [0.717, 1.165) is 30.4 Å². The lowest BCUT2D eigenvalue weighted by atomic mass is 10.2. The van der Waals surface area contributed by atoms with Gasteiger partial charge in [0.05, 0.1) is 11.7 Å². The van der Waals surface area contributed by atoms with Crippen LogP contribution in [0.5, 0.6) is 5.75 Å². The van der Waals surface area contributed by atoms with Crippen LogP contribution >= 0.6 is 0 Å². The van der Waals surface area contributed by atoms with Crippen LogP contribution in [-0.2, 0) is 0 Å². The van der Waals surface area contributed by atoms with E-state index in [2.05, 4.69) is 25.8 Å². The molecule has 1 aliphatic heterocycles. The van der Waals surface area contributed by atoms with Crippen molar-refractivity contribution in [1.82, 2.24) is 20.5 Å². The van der Waals surface area contributed by atoms with Gasteiger partial charge in [-0.1, -0.05) is 0 Å². The maximum absolute atomic E-state index is 12.4. The second-order valence-corrected chi connectivity index (χ2v) is 5.74. The zero-order valence-corrected chi connectivity index (χ0v) is 13.0. The van der Waals surface area contributed by atoms with Crippen LogP contribution in [0.1, 0.15) is 16.9 Å². The highest BCUT2D eigenvalue weighted by atomic mass is 16.5. The summed E-state index contributed by atoms with van der Waals surface area (Å²) in [6, 6.07) is 9.00. The molecule has 0 bridgehead atoms. The van der Waals surface area contributed by atoms with Crippen molar-refractivity contribution < 1.29 is 9.53 Å². The predicted molar refractivity (Wildman–Crippen MR) is 90.2 cm³/mol. The monoisotopic (exact) mass is 323 g/mol. The zero-order chi connectivity index (χ0) is 16.4. The van der Waals surface area contributed by atoms with Gasteiger partial charge in [-0.05, 0) is 37.2 Å². The molecule has 4 rings (SSSR count). The summed E-state index contributed by atoms with van der Waals surface area (Å²) in [4.78, 5) is 16.5. The predicted octanol–water partition coefficient (Wildman–Crippen LogP) is 1.95. The number of carbonyl (C=O) groups excluding carboxylic acids is 1. The molecular weight excluding hydrogens is 306 g/mol. The molecule has 1 atom stereocenters. The first-order valence-electron chi connectivity index (χ1n) is 7.86. The number of hydrogen-bond acceptors (Lipinski definition) is 5. The van der Waals surface area contributed by atoms with E-state index in [4.69, 9.17) is 4.74 Å². The van der Waals surface area contributed by atoms with Gasteiger partial charge < -0.3 is 15.4 Å². The molecule has 0 unspecified atom stereocenters. The summed E-state index contributed by atoms with van der Waals surface area (Å²) >= 11 is 0. The number of nitrogens with zero attached hydrogens (tertiary/aromatic N) is 2. The van der Waals surface area contributed by atoms with Crippen molar-refractivity contribution in [3.05, 3.63) is 48.4 Å². The molecule has 122 valence electrons. The summed E-state index contributed by atoms with van der Waals surface area (Å²) in [6.45, 7) is 1.79. The standard InChI is InChI=1S/C17H17N5O2/c23-17(21-12-1-2-15-11(7-12)9-20-22-15)16-8-13(4-6-19-16)24-14-3-5-18-10-14/h1-2,4,6-9,14,18H,3,5,10H2,(H,20,22)(H,21,23)/t14-/m0/s1.